The van der Waals surface area contributed by atoms with Crippen LogP contribution in [0, 0.1) is 0 Å². The van der Waals surface area contributed by atoms with Crippen LogP contribution in [0.25, 0.3) is 0 Å². The third-order valence-corrected chi connectivity index (χ3v) is 5.20. The summed E-state index contributed by atoms with van der Waals surface area (Å²) in [5, 5.41) is 2.58. The van der Waals surface area contributed by atoms with Crippen LogP contribution < -0.4 is 5.32 Å². The molecule has 0 aliphatic carbocycles. The molecule has 8 heteroatoms. The van der Waals surface area contributed by atoms with E-state index < -0.39 is 26.2 Å². The minimum atomic E-state index is -2.89. The first-order valence-corrected chi connectivity index (χ1v) is 11.2. The first kappa shape index (κ1) is 23.4. The summed E-state index contributed by atoms with van der Waals surface area (Å²) in [7, 11) is -2.89. The molecule has 0 bridgehead atoms. The van der Waals surface area contributed by atoms with Gasteiger partial charge in [0, 0.05) is 5.56 Å². The Hall–Kier alpha value is -3.25. The highest BCUT2D eigenvalue weighted by Gasteiger charge is 2.24. The standard InChI is InChI=1S/C24H24NO6P/c26-23(21-14-8-3-9-15-21)25-22(24(27)29-16-19-10-4-1-5-11-19)18-31-32(28)30-17-20-12-6-2-7-13-20/h1-15,22,32H,16-18H2,(H,25,26). The van der Waals surface area contributed by atoms with Crippen LogP contribution in [0.5, 0.6) is 0 Å². The lowest BCUT2D eigenvalue weighted by Gasteiger charge is -2.18. The average Bonchev–Trinajstić information content (AvgIpc) is 2.85. The van der Waals surface area contributed by atoms with Crippen LogP contribution in [0.2, 0.25) is 0 Å². The highest BCUT2D eigenvalue weighted by molar-refractivity contribution is 7.33. The molecule has 3 aromatic carbocycles. The van der Waals surface area contributed by atoms with E-state index in [9.17, 15) is 14.2 Å². The number of esters is 1. The van der Waals surface area contributed by atoms with Crippen molar-refractivity contribution in [1.82, 2.24) is 5.32 Å². The molecule has 2 unspecified atom stereocenters. The van der Waals surface area contributed by atoms with Crippen molar-refractivity contribution < 1.29 is 27.9 Å². The predicted octanol–water partition coefficient (Wildman–Crippen LogP) is 4.15. The summed E-state index contributed by atoms with van der Waals surface area (Å²) in [6.07, 6.45) is 0. The van der Waals surface area contributed by atoms with E-state index in [0.29, 0.717) is 5.56 Å². The summed E-state index contributed by atoms with van der Waals surface area (Å²) in [6.45, 7) is -0.200. The summed E-state index contributed by atoms with van der Waals surface area (Å²) in [5.74, 6) is -1.17. The Morgan fingerprint density at radius 2 is 1.28 bits per heavy atom. The van der Waals surface area contributed by atoms with Crippen molar-refractivity contribution in [3.05, 3.63) is 108 Å². The number of carbonyl (C=O) groups excluding carboxylic acids is 2. The van der Waals surface area contributed by atoms with E-state index in [1.54, 1.807) is 30.3 Å². The van der Waals surface area contributed by atoms with Crippen LogP contribution in [0.4, 0.5) is 0 Å². The van der Waals surface area contributed by atoms with E-state index >= 15 is 0 Å². The Labute approximate surface area is 187 Å². The van der Waals surface area contributed by atoms with Gasteiger partial charge in [-0.1, -0.05) is 78.9 Å². The molecule has 0 aliphatic heterocycles. The Morgan fingerprint density at radius 1 is 0.750 bits per heavy atom. The summed E-state index contributed by atoms with van der Waals surface area (Å²) in [6, 6.07) is 25.7. The number of nitrogens with one attached hydrogen (secondary N) is 1. The zero-order chi connectivity index (χ0) is 22.6. The largest absolute Gasteiger partial charge is 0.459 e. The molecule has 1 N–H and O–H groups in total. The molecule has 1 amide bonds. The molecule has 3 rings (SSSR count). The van der Waals surface area contributed by atoms with Gasteiger partial charge in [0.25, 0.3) is 5.91 Å². The highest BCUT2D eigenvalue weighted by Crippen LogP contribution is 2.26. The number of benzene rings is 3. The second kappa shape index (κ2) is 12.6. The first-order valence-electron chi connectivity index (χ1n) is 10.0. The minimum absolute atomic E-state index is 0.0388. The van der Waals surface area contributed by atoms with E-state index in [0.717, 1.165) is 11.1 Å². The van der Waals surface area contributed by atoms with Crippen LogP contribution in [-0.2, 0) is 36.4 Å². The Balaban J connectivity index is 1.57. The summed E-state index contributed by atoms with van der Waals surface area (Å²) < 4.78 is 28.0. The van der Waals surface area contributed by atoms with Crippen molar-refractivity contribution >= 4 is 20.1 Å². The molecule has 0 saturated carbocycles. The van der Waals surface area contributed by atoms with Crippen molar-refractivity contribution in [2.75, 3.05) is 6.61 Å². The van der Waals surface area contributed by atoms with Crippen molar-refractivity contribution in [3.8, 4) is 0 Å². The van der Waals surface area contributed by atoms with Crippen LogP contribution in [0.1, 0.15) is 21.5 Å². The fraction of sp³-hybridized carbons (Fsp3) is 0.167. The van der Waals surface area contributed by atoms with Gasteiger partial charge in [-0.2, -0.15) is 0 Å². The minimum Gasteiger partial charge on any atom is -0.459 e. The first-order chi connectivity index (χ1) is 15.6. The number of rotatable bonds is 11. The predicted molar refractivity (Wildman–Crippen MR) is 120 cm³/mol. The van der Waals surface area contributed by atoms with Crippen LogP contribution >= 0.6 is 8.25 Å². The van der Waals surface area contributed by atoms with Gasteiger partial charge in [-0.3, -0.25) is 9.36 Å². The van der Waals surface area contributed by atoms with Gasteiger partial charge in [-0.25, -0.2) is 4.79 Å². The molecule has 32 heavy (non-hydrogen) atoms. The molecular formula is C24H24NO6P. The zero-order valence-corrected chi connectivity index (χ0v) is 18.3. The summed E-state index contributed by atoms with van der Waals surface area (Å²) in [4.78, 5) is 25.1. The topological polar surface area (TPSA) is 90.9 Å². The van der Waals surface area contributed by atoms with Gasteiger partial charge in [0.15, 0.2) is 6.04 Å². The zero-order valence-electron chi connectivity index (χ0n) is 17.3. The summed E-state index contributed by atoms with van der Waals surface area (Å²) >= 11 is 0. The van der Waals surface area contributed by atoms with E-state index in [2.05, 4.69) is 5.32 Å². The van der Waals surface area contributed by atoms with Gasteiger partial charge in [0.05, 0.1) is 13.2 Å². The molecular weight excluding hydrogens is 429 g/mol. The maximum absolute atomic E-state index is 12.6. The van der Waals surface area contributed by atoms with Crippen LogP contribution in [0.3, 0.4) is 0 Å². The third-order valence-electron chi connectivity index (χ3n) is 4.42. The second-order valence-electron chi connectivity index (χ2n) is 6.82. The molecule has 0 fully saturated rings. The molecule has 7 nitrogen and oxygen atoms in total. The van der Waals surface area contributed by atoms with E-state index in [1.807, 2.05) is 60.7 Å². The number of carbonyl (C=O) groups is 2. The molecule has 0 saturated heterocycles. The Morgan fingerprint density at radius 3 is 1.88 bits per heavy atom. The molecule has 0 spiro atoms. The van der Waals surface area contributed by atoms with Gasteiger partial charge < -0.3 is 19.1 Å². The molecule has 0 aromatic heterocycles. The van der Waals surface area contributed by atoms with Gasteiger partial charge in [-0.05, 0) is 23.3 Å². The molecule has 3 aromatic rings. The smallest absolute Gasteiger partial charge is 0.331 e. The van der Waals surface area contributed by atoms with Gasteiger partial charge in [0.2, 0.25) is 0 Å². The average molecular weight is 453 g/mol. The number of ether oxygens (including phenoxy) is 1. The SMILES string of the molecule is O=C(NC(CO[PH](=O)OCc1ccccc1)C(=O)OCc1ccccc1)c1ccccc1. The van der Waals surface area contributed by atoms with Gasteiger partial charge in [0.1, 0.15) is 6.61 Å². The second-order valence-corrected chi connectivity index (χ2v) is 7.90. The third kappa shape index (κ3) is 7.78. The monoisotopic (exact) mass is 453 g/mol. The van der Waals surface area contributed by atoms with Crippen molar-refractivity contribution in [1.29, 1.82) is 0 Å². The Bertz CT molecular complexity index is 1010. The Kier molecular flexibility index (Phi) is 9.20. The number of hydrogen-bond acceptors (Lipinski definition) is 6. The summed E-state index contributed by atoms with van der Waals surface area (Å²) in [5.41, 5.74) is 2.02. The molecule has 0 radical (unpaired) electrons. The number of hydrogen-bond donors (Lipinski definition) is 1. The lowest BCUT2D eigenvalue weighted by atomic mass is 10.2. The van der Waals surface area contributed by atoms with Crippen molar-refractivity contribution in [3.63, 3.8) is 0 Å². The van der Waals surface area contributed by atoms with Crippen LogP contribution in [-0.4, -0.2) is 24.5 Å². The maximum atomic E-state index is 12.6. The van der Waals surface area contributed by atoms with Gasteiger partial charge >= 0.3 is 14.2 Å². The molecule has 2 atom stereocenters. The lowest BCUT2D eigenvalue weighted by Crippen LogP contribution is -2.44. The van der Waals surface area contributed by atoms with Crippen molar-refractivity contribution in [2.24, 2.45) is 0 Å². The van der Waals surface area contributed by atoms with E-state index in [4.69, 9.17) is 13.8 Å². The fourth-order valence-corrected chi connectivity index (χ4v) is 3.41. The quantitative estimate of drug-likeness (QED) is 0.347. The van der Waals surface area contributed by atoms with Crippen LogP contribution in [0.15, 0.2) is 91.0 Å². The molecule has 0 heterocycles. The van der Waals surface area contributed by atoms with E-state index in [1.165, 1.54) is 0 Å². The normalized spacial score (nSPS) is 12.5. The maximum Gasteiger partial charge on any atom is 0.331 e. The van der Waals surface area contributed by atoms with Crippen molar-refractivity contribution in [2.45, 2.75) is 19.3 Å². The number of amides is 1. The molecule has 0 aliphatic rings. The van der Waals surface area contributed by atoms with Gasteiger partial charge in [-0.15, -0.1) is 0 Å². The lowest BCUT2D eigenvalue weighted by molar-refractivity contribution is -0.148. The molecule has 166 valence electrons. The highest BCUT2D eigenvalue weighted by atomic mass is 31.1. The van der Waals surface area contributed by atoms with E-state index in [-0.39, 0.29) is 19.8 Å². The fourth-order valence-electron chi connectivity index (χ4n) is 2.74.